The van der Waals surface area contributed by atoms with Crippen LogP contribution in [0.5, 0.6) is 5.88 Å². The van der Waals surface area contributed by atoms with Gasteiger partial charge in [-0.3, -0.25) is 19.1 Å². The number of alkyl carbamates (subject to hydrolysis) is 1. The van der Waals surface area contributed by atoms with E-state index in [9.17, 15) is 27.6 Å². The number of nitrogens with one attached hydrogen (secondary N) is 3. The molecule has 1 saturated heterocycles. The fourth-order valence-corrected chi connectivity index (χ4v) is 10.5. The lowest BCUT2D eigenvalue weighted by atomic mass is 10.0. The highest BCUT2D eigenvalue weighted by Crippen LogP contribution is 2.46. The van der Waals surface area contributed by atoms with Crippen molar-refractivity contribution in [1.82, 2.24) is 30.2 Å². The largest absolute Gasteiger partial charge is 0.471 e. The minimum Gasteiger partial charge on any atom is -0.471 e. The van der Waals surface area contributed by atoms with Crippen molar-refractivity contribution in [2.24, 2.45) is 5.92 Å². The summed E-state index contributed by atoms with van der Waals surface area (Å²) in [6.45, 7) is -0.000597. The van der Waals surface area contributed by atoms with Crippen molar-refractivity contribution in [3.8, 4) is 16.5 Å². The molecule has 5 atom stereocenters. The average molecular weight is 797 g/mol. The summed E-state index contributed by atoms with van der Waals surface area (Å²) in [5.41, 5.74) is -0.220. The Labute approximate surface area is 321 Å². The number of fused-ring (bicyclic) bond motifs is 3. The molecule has 2 aliphatic heterocycles. The Morgan fingerprint density at radius 3 is 2.56 bits per heavy atom. The van der Waals surface area contributed by atoms with Crippen molar-refractivity contribution in [3.05, 3.63) is 41.1 Å². The van der Waals surface area contributed by atoms with E-state index in [1.165, 1.54) is 27.6 Å². The van der Waals surface area contributed by atoms with Crippen molar-refractivity contribution in [3.63, 3.8) is 0 Å². The van der Waals surface area contributed by atoms with Gasteiger partial charge in [0, 0.05) is 12.3 Å². The molecule has 3 saturated carbocycles. The molecule has 1 unspecified atom stereocenters. The first-order chi connectivity index (χ1) is 26.1. The fraction of sp³-hybridized carbons (Fsp3) is 0.568. The first-order valence-electron chi connectivity index (χ1n) is 18.9. The van der Waals surface area contributed by atoms with Crippen molar-refractivity contribution < 1.29 is 37.1 Å². The van der Waals surface area contributed by atoms with Crippen LogP contribution in [-0.2, 0) is 29.1 Å². The molecular weight excluding hydrogens is 753 g/mol. The zero-order chi connectivity index (χ0) is 37.5. The van der Waals surface area contributed by atoms with Crippen LogP contribution in [0.2, 0.25) is 0 Å². The summed E-state index contributed by atoms with van der Waals surface area (Å²) in [6.07, 6.45) is 10.3. The normalized spacial score (nSPS) is 28.6. The Balaban J connectivity index is 1.09. The van der Waals surface area contributed by atoms with Crippen LogP contribution in [0.1, 0.15) is 83.5 Å². The van der Waals surface area contributed by atoms with Gasteiger partial charge in [0.1, 0.15) is 45.9 Å². The quantitative estimate of drug-likeness (QED) is 0.267. The van der Waals surface area contributed by atoms with Gasteiger partial charge >= 0.3 is 6.09 Å². The third-order valence-electron chi connectivity index (χ3n) is 11.0. The molecule has 0 spiro atoms. The van der Waals surface area contributed by atoms with E-state index in [-0.39, 0.29) is 31.4 Å². The zero-order valence-electron chi connectivity index (χ0n) is 29.7. The highest BCUT2D eigenvalue weighted by atomic mass is 32.2. The summed E-state index contributed by atoms with van der Waals surface area (Å²) in [4.78, 5) is 68.5. The molecular formula is C37H44N6O8S3. The molecule has 0 radical (unpaired) electrons. The number of hydrogen-bond acceptors (Lipinski definition) is 12. The Hall–Kier alpha value is -4.09. The van der Waals surface area contributed by atoms with Crippen LogP contribution in [0.4, 0.5) is 4.79 Å². The van der Waals surface area contributed by atoms with E-state index in [4.69, 9.17) is 19.4 Å². The summed E-state index contributed by atoms with van der Waals surface area (Å²) in [5, 5.41) is 8.93. The van der Waals surface area contributed by atoms with Crippen LogP contribution in [-0.4, -0.2) is 88.7 Å². The maximum atomic E-state index is 14.6. The molecule has 3 aromatic heterocycles. The number of amides is 4. The van der Waals surface area contributed by atoms with Crippen LogP contribution in [0, 0.1) is 5.92 Å². The Morgan fingerprint density at radius 2 is 1.78 bits per heavy atom. The van der Waals surface area contributed by atoms with E-state index in [0.717, 1.165) is 48.9 Å². The number of ether oxygens (including phenoxy) is 2. The number of carbonyl (C=O) groups is 4. The molecule has 8 rings (SSSR count). The monoisotopic (exact) mass is 796 g/mol. The molecule has 0 aromatic carbocycles. The molecule has 4 fully saturated rings. The molecule has 5 aliphatic rings. The van der Waals surface area contributed by atoms with Crippen molar-refractivity contribution >= 4 is 66.9 Å². The predicted molar refractivity (Wildman–Crippen MR) is 202 cm³/mol. The second-order valence-corrected chi connectivity index (χ2v) is 18.8. The first-order valence-corrected chi connectivity index (χ1v) is 22.2. The second-order valence-electron chi connectivity index (χ2n) is 15.0. The van der Waals surface area contributed by atoms with Crippen molar-refractivity contribution in [2.45, 2.75) is 119 Å². The maximum absolute atomic E-state index is 14.6. The second kappa shape index (κ2) is 15.2. The minimum atomic E-state index is -3.88. The molecule has 3 N–H and O–H groups in total. The number of carbonyl (C=O) groups excluding carboxylic acids is 4. The number of thiophene rings is 2. The van der Waals surface area contributed by atoms with Gasteiger partial charge in [0.05, 0.1) is 16.7 Å². The average Bonchev–Trinajstić information content (AvgIpc) is 3.71. The van der Waals surface area contributed by atoms with E-state index in [0.29, 0.717) is 42.6 Å². The van der Waals surface area contributed by atoms with Crippen LogP contribution >= 0.6 is 22.7 Å². The molecule has 0 bridgehead atoms. The van der Waals surface area contributed by atoms with Crippen LogP contribution in [0.15, 0.2) is 41.1 Å². The number of sulfonamides is 1. The molecule has 3 aromatic rings. The standard InChI is InChI=1S/C37H44N6O8S3/c44-31-28-19-24(50-32-30(29-13-8-17-52-29)38-26-16-18-53-33(26)40-32)21-43(28)34(45)27(39-36(47)51-23-10-6-7-11-23)12-5-3-1-2-4-9-22-20-37(22,41-31)35(46)42-54(48,49)25-14-15-25/h4,8-9,13,16-18,22-25,27-28H,1-3,5-7,10-12,14-15,19-21H2,(H,39,47)(H,41,44)(H,42,46)/b9-4-/t22?,24-,27+,28+,37-/m1/s1. The minimum absolute atomic E-state index is 0.000597. The molecule has 288 valence electrons. The molecule has 4 amide bonds. The summed E-state index contributed by atoms with van der Waals surface area (Å²) >= 11 is 2.91. The number of allylic oxidation sites excluding steroid dienone is 1. The Bertz CT molecular complexity index is 2040. The van der Waals surface area contributed by atoms with Gasteiger partial charge in [0.25, 0.3) is 5.91 Å². The van der Waals surface area contributed by atoms with Crippen LogP contribution in [0.25, 0.3) is 20.9 Å². The van der Waals surface area contributed by atoms with Crippen LogP contribution < -0.4 is 20.1 Å². The molecule has 54 heavy (non-hydrogen) atoms. The summed E-state index contributed by atoms with van der Waals surface area (Å²) in [7, 11) is -3.88. The topological polar surface area (TPSA) is 186 Å². The molecule has 3 aliphatic carbocycles. The first kappa shape index (κ1) is 36.9. The predicted octanol–water partition coefficient (Wildman–Crippen LogP) is 4.81. The summed E-state index contributed by atoms with van der Waals surface area (Å²) in [5.74, 6) is -1.99. The zero-order valence-corrected chi connectivity index (χ0v) is 32.2. The van der Waals surface area contributed by atoms with Crippen LogP contribution in [0.3, 0.4) is 0 Å². The van der Waals surface area contributed by atoms with E-state index < -0.39 is 68.7 Å². The molecule has 5 heterocycles. The van der Waals surface area contributed by atoms with Gasteiger partial charge in [-0.25, -0.2) is 18.2 Å². The van der Waals surface area contributed by atoms with Gasteiger partial charge < -0.3 is 25.0 Å². The summed E-state index contributed by atoms with van der Waals surface area (Å²) in [6, 6.07) is 3.65. The number of rotatable bonds is 8. The third-order valence-corrected chi connectivity index (χ3v) is 14.5. The van der Waals surface area contributed by atoms with E-state index in [1.54, 1.807) is 0 Å². The number of aromatic nitrogens is 2. The number of nitrogens with zero attached hydrogens (tertiary/aromatic N) is 3. The molecule has 17 heteroatoms. The lowest BCUT2D eigenvalue weighted by Gasteiger charge is -2.30. The fourth-order valence-electron chi connectivity index (χ4n) is 7.77. The van der Waals surface area contributed by atoms with E-state index >= 15 is 0 Å². The smallest absolute Gasteiger partial charge is 0.408 e. The molecule has 14 nitrogen and oxygen atoms in total. The van der Waals surface area contributed by atoms with Gasteiger partial charge in [-0.05, 0) is 87.1 Å². The van der Waals surface area contributed by atoms with Gasteiger partial charge in [-0.2, -0.15) is 4.98 Å². The van der Waals surface area contributed by atoms with Gasteiger partial charge in [-0.1, -0.05) is 31.1 Å². The third kappa shape index (κ3) is 7.85. The number of hydrogen-bond donors (Lipinski definition) is 3. The highest BCUT2D eigenvalue weighted by molar-refractivity contribution is 7.91. The highest BCUT2D eigenvalue weighted by Gasteiger charge is 2.62. The van der Waals surface area contributed by atoms with Crippen molar-refractivity contribution in [2.75, 3.05) is 6.54 Å². The van der Waals surface area contributed by atoms with Gasteiger partial charge in [0.15, 0.2) is 0 Å². The van der Waals surface area contributed by atoms with E-state index in [1.807, 2.05) is 41.1 Å². The summed E-state index contributed by atoms with van der Waals surface area (Å²) < 4.78 is 40.2. The Kier molecular flexibility index (Phi) is 10.4. The van der Waals surface area contributed by atoms with Gasteiger partial charge in [-0.15, -0.1) is 22.7 Å². The lowest BCUT2D eigenvalue weighted by molar-refractivity contribution is -0.141. The lowest BCUT2D eigenvalue weighted by Crippen LogP contribution is -2.58. The maximum Gasteiger partial charge on any atom is 0.408 e. The van der Waals surface area contributed by atoms with Crippen molar-refractivity contribution in [1.29, 1.82) is 0 Å². The SMILES string of the molecule is O=C(N[C@H]1CCCCC/C=C\C2C[C@@]2(C(=O)NS(=O)(=O)C2CC2)NC(=O)[C@@H]2C[C@@H](Oc3nc4sccc4nc3-c3cccs3)CN2C1=O)OC1CCCC1. The van der Waals surface area contributed by atoms with Gasteiger partial charge in [0.2, 0.25) is 27.7 Å². The van der Waals surface area contributed by atoms with E-state index in [2.05, 4.69) is 15.4 Å². The Morgan fingerprint density at radius 1 is 0.963 bits per heavy atom.